The molecule has 0 saturated heterocycles. The lowest BCUT2D eigenvalue weighted by Gasteiger charge is -2.18. The van der Waals surface area contributed by atoms with Crippen molar-refractivity contribution in [1.29, 1.82) is 0 Å². The summed E-state index contributed by atoms with van der Waals surface area (Å²) in [6.45, 7) is 3.28. The number of hydrogen-bond donors (Lipinski definition) is 0. The van der Waals surface area contributed by atoms with Crippen molar-refractivity contribution in [3.8, 4) is 11.5 Å². The van der Waals surface area contributed by atoms with Crippen LogP contribution in [-0.2, 0) is 13.1 Å². The zero-order valence-electron chi connectivity index (χ0n) is 13.4. The van der Waals surface area contributed by atoms with Crippen molar-refractivity contribution >= 4 is 5.91 Å². The van der Waals surface area contributed by atoms with Crippen LogP contribution in [0.25, 0.3) is 0 Å². The molecular formula is C16H21N3O3. The van der Waals surface area contributed by atoms with Gasteiger partial charge in [-0.2, -0.15) is 5.10 Å². The Balaban J connectivity index is 2.16. The molecule has 1 aromatic carbocycles. The summed E-state index contributed by atoms with van der Waals surface area (Å²) in [4.78, 5) is 14.2. The summed E-state index contributed by atoms with van der Waals surface area (Å²) >= 11 is 0. The van der Waals surface area contributed by atoms with Gasteiger partial charge in [-0.05, 0) is 25.1 Å². The molecule has 0 atom stereocenters. The first-order valence-electron chi connectivity index (χ1n) is 7.08. The van der Waals surface area contributed by atoms with Crippen molar-refractivity contribution in [2.45, 2.75) is 20.0 Å². The molecule has 6 nitrogen and oxygen atoms in total. The smallest absolute Gasteiger partial charge is 0.257 e. The molecule has 0 saturated carbocycles. The van der Waals surface area contributed by atoms with Gasteiger partial charge < -0.3 is 14.4 Å². The first-order valence-corrected chi connectivity index (χ1v) is 7.08. The number of rotatable bonds is 6. The Morgan fingerprint density at radius 1 is 1.27 bits per heavy atom. The summed E-state index contributed by atoms with van der Waals surface area (Å²) in [7, 11) is 4.86. The van der Waals surface area contributed by atoms with E-state index >= 15 is 0 Å². The van der Waals surface area contributed by atoms with Crippen molar-refractivity contribution in [2.24, 2.45) is 0 Å². The van der Waals surface area contributed by atoms with E-state index in [1.807, 2.05) is 23.9 Å². The van der Waals surface area contributed by atoms with E-state index < -0.39 is 0 Å². The topological polar surface area (TPSA) is 56.6 Å². The van der Waals surface area contributed by atoms with Crippen molar-refractivity contribution in [1.82, 2.24) is 14.7 Å². The van der Waals surface area contributed by atoms with Gasteiger partial charge in [-0.25, -0.2) is 0 Å². The van der Waals surface area contributed by atoms with Crippen LogP contribution in [-0.4, -0.2) is 41.9 Å². The predicted molar refractivity (Wildman–Crippen MR) is 83.2 cm³/mol. The molecule has 118 valence electrons. The fourth-order valence-corrected chi connectivity index (χ4v) is 2.16. The van der Waals surface area contributed by atoms with E-state index in [2.05, 4.69) is 5.10 Å². The second-order valence-corrected chi connectivity index (χ2v) is 4.89. The minimum absolute atomic E-state index is 0.120. The molecule has 1 heterocycles. The number of aromatic nitrogens is 2. The first kappa shape index (κ1) is 15.9. The highest BCUT2D eigenvalue weighted by molar-refractivity contribution is 5.97. The fourth-order valence-electron chi connectivity index (χ4n) is 2.16. The molecule has 2 rings (SSSR count). The predicted octanol–water partition coefficient (Wildman–Crippen LogP) is 2.19. The van der Waals surface area contributed by atoms with E-state index in [0.29, 0.717) is 23.6 Å². The van der Waals surface area contributed by atoms with Crippen LogP contribution in [0, 0.1) is 0 Å². The molecule has 0 aliphatic carbocycles. The van der Waals surface area contributed by atoms with Gasteiger partial charge in [0, 0.05) is 25.9 Å². The van der Waals surface area contributed by atoms with Crippen LogP contribution >= 0.6 is 0 Å². The molecule has 0 unspecified atom stereocenters. The van der Waals surface area contributed by atoms with Crippen LogP contribution in [0.1, 0.15) is 23.0 Å². The quantitative estimate of drug-likeness (QED) is 0.821. The van der Waals surface area contributed by atoms with E-state index in [4.69, 9.17) is 9.47 Å². The maximum Gasteiger partial charge on any atom is 0.257 e. The number of carbonyl (C=O) groups is 1. The number of ether oxygens (including phenoxy) is 2. The number of amides is 1. The van der Waals surface area contributed by atoms with Crippen LogP contribution in [0.2, 0.25) is 0 Å². The molecule has 0 bridgehead atoms. The molecule has 0 fully saturated rings. The largest absolute Gasteiger partial charge is 0.497 e. The zero-order valence-corrected chi connectivity index (χ0v) is 13.4. The molecule has 0 aliphatic rings. The Labute approximate surface area is 130 Å². The molecule has 6 heteroatoms. The van der Waals surface area contributed by atoms with Crippen LogP contribution in [0.15, 0.2) is 30.5 Å². The molecule has 0 spiro atoms. The lowest BCUT2D eigenvalue weighted by Crippen LogP contribution is -2.27. The van der Waals surface area contributed by atoms with E-state index in [1.165, 1.54) is 7.11 Å². The third kappa shape index (κ3) is 3.39. The highest BCUT2D eigenvalue weighted by Crippen LogP contribution is 2.25. The van der Waals surface area contributed by atoms with E-state index in [0.717, 1.165) is 12.2 Å². The number of hydrogen-bond acceptors (Lipinski definition) is 4. The van der Waals surface area contributed by atoms with Gasteiger partial charge in [0.15, 0.2) is 0 Å². The van der Waals surface area contributed by atoms with Crippen LogP contribution in [0.4, 0.5) is 0 Å². The van der Waals surface area contributed by atoms with Gasteiger partial charge in [-0.3, -0.25) is 9.48 Å². The Kier molecular flexibility index (Phi) is 5.04. The molecule has 1 amide bonds. The SMILES string of the molecule is CCn1ccc(CN(C)C(=O)c2ccc(OC)cc2OC)n1. The maximum absolute atomic E-state index is 12.6. The van der Waals surface area contributed by atoms with Crippen LogP contribution in [0.5, 0.6) is 11.5 Å². The minimum Gasteiger partial charge on any atom is -0.497 e. The Morgan fingerprint density at radius 3 is 2.64 bits per heavy atom. The molecule has 1 aromatic heterocycles. The molecule has 0 radical (unpaired) electrons. The number of nitrogens with zero attached hydrogens (tertiary/aromatic N) is 3. The van der Waals surface area contributed by atoms with Gasteiger partial charge in [0.05, 0.1) is 32.0 Å². The standard InChI is InChI=1S/C16H21N3O3/c1-5-19-9-8-12(17-19)11-18(2)16(20)14-7-6-13(21-3)10-15(14)22-4/h6-10H,5,11H2,1-4H3. The Morgan fingerprint density at radius 2 is 2.05 bits per heavy atom. The van der Waals surface area contributed by atoms with Gasteiger partial charge in [-0.15, -0.1) is 0 Å². The van der Waals surface area contributed by atoms with E-state index in [1.54, 1.807) is 37.3 Å². The average molecular weight is 303 g/mol. The minimum atomic E-state index is -0.120. The second kappa shape index (κ2) is 6.98. The summed E-state index contributed by atoms with van der Waals surface area (Å²) in [6.07, 6.45) is 1.90. The van der Waals surface area contributed by atoms with Gasteiger partial charge in [0.2, 0.25) is 0 Å². The fraction of sp³-hybridized carbons (Fsp3) is 0.375. The first-order chi connectivity index (χ1) is 10.6. The monoisotopic (exact) mass is 303 g/mol. The van der Waals surface area contributed by atoms with Gasteiger partial charge in [-0.1, -0.05) is 0 Å². The third-order valence-corrected chi connectivity index (χ3v) is 3.40. The summed E-state index contributed by atoms with van der Waals surface area (Å²) in [5.41, 5.74) is 1.35. The average Bonchev–Trinajstić information content (AvgIpc) is 3.00. The summed E-state index contributed by atoms with van der Waals surface area (Å²) < 4.78 is 12.3. The second-order valence-electron chi connectivity index (χ2n) is 4.89. The third-order valence-electron chi connectivity index (χ3n) is 3.40. The van der Waals surface area contributed by atoms with Crippen molar-refractivity contribution in [2.75, 3.05) is 21.3 Å². The Hall–Kier alpha value is -2.50. The maximum atomic E-state index is 12.6. The van der Waals surface area contributed by atoms with Gasteiger partial charge in [0.1, 0.15) is 11.5 Å². The molecule has 22 heavy (non-hydrogen) atoms. The molecule has 0 aliphatic heterocycles. The van der Waals surface area contributed by atoms with E-state index in [9.17, 15) is 4.79 Å². The number of methoxy groups -OCH3 is 2. The molecule has 0 N–H and O–H groups in total. The van der Waals surface area contributed by atoms with Crippen molar-refractivity contribution in [3.63, 3.8) is 0 Å². The van der Waals surface area contributed by atoms with Crippen LogP contribution < -0.4 is 9.47 Å². The number of benzene rings is 1. The summed E-state index contributed by atoms with van der Waals surface area (Å²) in [6, 6.07) is 7.07. The van der Waals surface area contributed by atoms with Gasteiger partial charge in [0.25, 0.3) is 5.91 Å². The number of aryl methyl sites for hydroxylation is 1. The highest BCUT2D eigenvalue weighted by atomic mass is 16.5. The lowest BCUT2D eigenvalue weighted by molar-refractivity contribution is 0.0779. The number of carbonyl (C=O) groups excluding carboxylic acids is 1. The highest BCUT2D eigenvalue weighted by Gasteiger charge is 2.18. The Bertz CT molecular complexity index is 652. The van der Waals surface area contributed by atoms with Crippen molar-refractivity contribution in [3.05, 3.63) is 41.7 Å². The van der Waals surface area contributed by atoms with Crippen molar-refractivity contribution < 1.29 is 14.3 Å². The summed E-state index contributed by atoms with van der Waals surface area (Å²) in [5, 5.41) is 4.39. The normalized spacial score (nSPS) is 10.4. The zero-order chi connectivity index (χ0) is 16.1. The molecular weight excluding hydrogens is 282 g/mol. The van der Waals surface area contributed by atoms with Gasteiger partial charge >= 0.3 is 0 Å². The van der Waals surface area contributed by atoms with E-state index in [-0.39, 0.29) is 5.91 Å². The van der Waals surface area contributed by atoms with Crippen LogP contribution in [0.3, 0.4) is 0 Å². The lowest BCUT2D eigenvalue weighted by atomic mass is 10.1. The molecule has 2 aromatic rings. The summed E-state index contributed by atoms with van der Waals surface area (Å²) in [5.74, 6) is 1.03.